The van der Waals surface area contributed by atoms with E-state index >= 15 is 0 Å². The van der Waals surface area contributed by atoms with Crippen molar-refractivity contribution in [1.29, 1.82) is 0 Å². The molecule has 4 heteroatoms. The smallest absolute Gasteiger partial charge is 0.238 e. The van der Waals surface area contributed by atoms with Crippen LogP contribution in [0.3, 0.4) is 0 Å². The summed E-state index contributed by atoms with van der Waals surface area (Å²) in [6, 6.07) is -0.00188. The lowest BCUT2D eigenvalue weighted by molar-refractivity contribution is -0.124. The molecule has 1 heterocycles. The highest BCUT2D eigenvalue weighted by Crippen LogP contribution is 2.09. The van der Waals surface area contributed by atoms with Crippen molar-refractivity contribution < 1.29 is 4.79 Å². The van der Waals surface area contributed by atoms with Crippen molar-refractivity contribution in [2.45, 2.75) is 32.4 Å². The molecule has 1 amide bonds. The van der Waals surface area contributed by atoms with Gasteiger partial charge in [-0.1, -0.05) is 0 Å². The highest BCUT2D eigenvalue weighted by molar-refractivity contribution is 7.99. The van der Waals surface area contributed by atoms with Gasteiger partial charge in [0.2, 0.25) is 5.91 Å². The lowest BCUT2D eigenvalue weighted by Crippen LogP contribution is -2.53. The van der Waals surface area contributed by atoms with Gasteiger partial charge >= 0.3 is 0 Å². The summed E-state index contributed by atoms with van der Waals surface area (Å²) in [5.74, 6) is 2.13. The third kappa shape index (κ3) is 4.00. The molecule has 0 aliphatic carbocycles. The molecule has 1 rings (SSSR count). The largest absolute Gasteiger partial charge is 0.350 e. The fourth-order valence-electron chi connectivity index (χ4n) is 1.19. The maximum atomic E-state index is 11.6. The number of thioether (sulfide) groups is 1. The summed E-state index contributed by atoms with van der Waals surface area (Å²) in [4.78, 5) is 11.6. The van der Waals surface area contributed by atoms with Crippen LogP contribution in [0.25, 0.3) is 0 Å². The topological polar surface area (TPSA) is 41.1 Å². The SMILES string of the molecule is CC(C)(C)NC(=O)C1CSCCN1. The van der Waals surface area contributed by atoms with Crippen molar-refractivity contribution in [3.8, 4) is 0 Å². The van der Waals surface area contributed by atoms with Crippen LogP contribution in [-0.4, -0.2) is 35.5 Å². The molecular formula is C9H18N2OS. The number of carbonyl (C=O) groups is 1. The van der Waals surface area contributed by atoms with Crippen LogP contribution in [0.15, 0.2) is 0 Å². The lowest BCUT2D eigenvalue weighted by atomic mass is 10.1. The molecule has 3 nitrogen and oxygen atoms in total. The lowest BCUT2D eigenvalue weighted by Gasteiger charge is -2.27. The Bertz CT molecular complexity index is 183. The molecule has 0 bridgehead atoms. The predicted molar refractivity (Wildman–Crippen MR) is 57.0 cm³/mol. The Balaban J connectivity index is 2.38. The fourth-order valence-corrected chi connectivity index (χ4v) is 2.12. The highest BCUT2D eigenvalue weighted by atomic mass is 32.2. The summed E-state index contributed by atoms with van der Waals surface area (Å²) in [7, 11) is 0. The second kappa shape index (κ2) is 4.33. The van der Waals surface area contributed by atoms with Gasteiger partial charge in [-0.05, 0) is 20.8 Å². The molecule has 76 valence electrons. The maximum Gasteiger partial charge on any atom is 0.238 e. The Hall–Kier alpha value is -0.220. The molecule has 13 heavy (non-hydrogen) atoms. The van der Waals surface area contributed by atoms with E-state index in [0.29, 0.717) is 0 Å². The van der Waals surface area contributed by atoms with E-state index in [1.165, 1.54) is 0 Å². The zero-order valence-electron chi connectivity index (χ0n) is 8.52. The van der Waals surface area contributed by atoms with Gasteiger partial charge in [0.05, 0.1) is 6.04 Å². The minimum absolute atomic E-state index is 0.00188. The molecule has 1 aliphatic heterocycles. The number of nitrogens with one attached hydrogen (secondary N) is 2. The Kier molecular flexibility index (Phi) is 3.62. The van der Waals surface area contributed by atoms with E-state index in [1.807, 2.05) is 32.5 Å². The molecular weight excluding hydrogens is 184 g/mol. The molecule has 0 spiro atoms. The van der Waals surface area contributed by atoms with Crippen molar-refractivity contribution in [2.75, 3.05) is 18.1 Å². The van der Waals surface area contributed by atoms with Crippen LogP contribution < -0.4 is 10.6 Å². The molecule has 0 radical (unpaired) electrons. The molecule has 1 fully saturated rings. The van der Waals surface area contributed by atoms with Gasteiger partial charge in [-0.15, -0.1) is 0 Å². The van der Waals surface area contributed by atoms with Crippen molar-refractivity contribution >= 4 is 17.7 Å². The first-order valence-electron chi connectivity index (χ1n) is 4.62. The van der Waals surface area contributed by atoms with Gasteiger partial charge in [0.15, 0.2) is 0 Å². The van der Waals surface area contributed by atoms with E-state index in [1.54, 1.807) is 0 Å². The van der Waals surface area contributed by atoms with Crippen molar-refractivity contribution in [1.82, 2.24) is 10.6 Å². The summed E-state index contributed by atoms with van der Waals surface area (Å²) in [6.07, 6.45) is 0. The molecule has 0 aromatic carbocycles. The van der Waals surface area contributed by atoms with Crippen LogP contribution in [0.2, 0.25) is 0 Å². The average molecular weight is 202 g/mol. The van der Waals surface area contributed by atoms with Crippen molar-refractivity contribution in [3.05, 3.63) is 0 Å². The van der Waals surface area contributed by atoms with E-state index in [0.717, 1.165) is 18.1 Å². The number of amides is 1. The van der Waals surface area contributed by atoms with Crippen LogP contribution in [0.5, 0.6) is 0 Å². The number of rotatable bonds is 1. The highest BCUT2D eigenvalue weighted by Gasteiger charge is 2.23. The minimum Gasteiger partial charge on any atom is -0.350 e. The second-order valence-corrected chi connectivity index (χ2v) is 5.47. The van der Waals surface area contributed by atoms with E-state index in [9.17, 15) is 4.79 Å². The molecule has 1 saturated heterocycles. The zero-order chi connectivity index (χ0) is 9.90. The number of hydrogen-bond donors (Lipinski definition) is 2. The molecule has 2 N–H and O–H groups in total. The quantitative estimate of drug-likeness (QED) is 0.654. The van der Waals surface area contributed by atoms with E-state index < -0.39 is 0 Å². The van der Waals surface area contributed by atoms with Gasteiger partial charge in [0.1, 0.15) is 0 Å². The second-order valence-electron chi connectivity index (χ2n) is 4.32. The van der Waals surface area contributed by atoms with Crippen molar-refractivity contribution in [3.63, 3.8) is 0 Å². The van der Waals surface area contributed by atoms with Gasteiger partial charge in [0, 0.05) is 23.6 Å². The normalized spacial score (nSPS) is 24.1. The van der Waals surface area contributed by atoms with Crippen molar-refractivity contribution in [2.24, 2.45) is 0 Å². The number of carbonyl (C=O) groups excluding carboxylic acids is 1. The van der Waals surface area contributed by atoms with E-state index in [2.05, 4.69) is 10.6 Å². The summed E-state index contributed by atoms with van der Waals surface area (Å²) in [5.41, 5.74) is -0.124. The predicted octanol–water partition coefficient (Wildman–Crippen LogP) is 0.606. The van der Waals surface area contributed by atoms with Gasteiger partial charge in [-0.3, -0.25) is 4.79 Å². The first-order valence-corrected chi connectivity index (χ1v) is 5.78. The Morgan fingerprint density at radius 1 is 1.54 bits per heavy atom. The van der Waals surface area contributed by atoms with Gasteiger partial charge in [-0.25, -0.2) is 0 Å². The van der Waals surface area contributed by atoms with Crippen LogP contribution in [0.1, 0.15) is 20.8 Å². The fraction of sp³-hybridized carbons (Fsp3) is 0.889. The third-order valence-electron chi connectivity index (χ3n) is 1.74. The maximum absolute atomic E-state index is 11.6. The molecule has 1 unspecified atom stereocenters. The molecule has 0 saturated carbocycles. The average Bonchev–Trinajstić information content (AvgIpc) is 2.03. The van der Waals surface area contributed by atoms with Crippen LogP contribution in [0.4, 0.5) is 0 Å². The first-order chi connectivity index (χ1) is 5.99. The molecule has 1 atom stereocenters. The van der Waals surface area contributed by atoms with Crippen LogP contribution in [-0.2, 0) is 4.79 Å². The standard InChI is InChI=1S/C9H18N2OS/c1-9(2,3)11-8(12)7-6-13-5-4-10-7/h7,10H,4-6H2,1-3H3,(H,11,12). The van der Waals surface area contributed by atoms with Gasteiger partial charge < -0.3 is 10.6 Å². The Morgan fingerprint density at radius 3 is 2.69 bits per heavy atom. The summed E-state index contributed by atoms with van der Waals surface area (Å²) in [6.45, 7) is 6.94. The summed E-state index contributed by atoms with van der Waals surface area (Å²) < 4.78 is 0. The first kappa shape index (κ1) is 10.9. The Labute approximate surface area is 84.0 Å². The number of hydrogen-bond acceptors (Lipinski definition) is 3. The van der Waals surface area contributed by atoms with Gasteiger partial charge in [0.25, 0.3) is 0 Å². The molecule has 0 aromatic rings. The zero-order valence-corrected chi connectivity index (χ0v) is 9.33. The summed E-state index contributed by atoms with van der Waals surface area (Å²) in [5, 5.41) is 6.18. The minimum atomic E-state index is -0.124. The molecule has 0 aromatic heterocycles. The third-order valence-corrected chi connectivity index (χ3v) is 2.80. The van der Waals surface area contributed by atoms with Crippen LogP contribution in [0, 0.1) is 0 Å². The van der Waals surface area contributed by atoms with Gasteiger partial charge in [-0.2, -0.15) is 11.8 Å². The van der Waals surface area contributed by atoms with Crippen LogP contribution >= 0.6 is 11.8 Å². The monoisotopic (exact) mass is 202 g/mol. The van der Waals surface area contributed by atoms with E-state index in [4.69, 9.17) is 0 Å². The van der Waals surface area contributed by atoms with E-state index in [-0.39, 0.29) is 17.5 Å². The summed E-state index contributed by atoms with van der Waals surface area (Å²) >= 11 is 1.83. The molecule has 1 aliphatic rings. The Morgan fingerprint density at radius 2 is 2.23 bits per heavy atom.